The summed E-state index contributed by atoms with van der Waals surface area (Å²) in [7, 11) is 1.74. The molecule has 0 amide bonds. The molecule has 0 bridgehead atoms. The van der Waals surface area contributed by atoms with E-state index in [4.69, 9.17) is 4.74 Å². The summed E-state index contributed by atoms with van der Waals surface area (Å²) in [5.74, 6) is 1.59. The number of allylic oxidation sites excluding steroid dienone is 2. The quantitative estimate of drug-likeness (QED) is 0.879. The van der Waals surface area contributed by atoms with E-state index in [1.165, 1.54) is 24.0 Å². The van der Waals surface area contributed by atoms with Gasteiger partial charge in [-0.1, -0.05) is 18.6 Å². The molecular weight excluding hydrogens is 272 g/mol. The second kappa shape index (κ2) is 5.13. The van der Waals surface area contributed by atoms with Gasteiger partial charge in [0.25, 0.3) is 0 Å². The van der Waals surface area contributed by atoms with Gasteiger partial charge in [-0.25, -0.2) is 0 Å². The van der Waals surface area contributed by atoms with Crippen LogP contribution in [0.1, 0.15) is 56.6 Å². The molecule has 1 aromatic carbocycles. The van der Waals surface area contributed by atoms with Crippen molar-refractivity contribution in [2.45, 2.75) is 58.0 Å². The third-order valence-electron chi connectivity index (χ3n) is 6.69. The molecule has 1 aromatic rings. The monoisotopic (exact) mass is 298 g/mol. The van der Waals surface area contributed by atoms with Crippen LogP contribution in [0.15, 0.2) is 23.8 Å². The second-order valence-electron chi connectivity index (χ2n) is 7.26. The van der Waals surface area contributed by atoms with Gasteiger partial charge in [0, 0.05) is 5.41 Å². The van der Waals surface area contributed by atoms with Gasteiger partial charge in [-0.2, -0.15) is 0 Å². The van der Waals surface area contributed by atoms with Crippen LogP contribution >= 0.6 is 0 Å². The molecule has 3 aliphatic carbocycles. The summed E-state index contributed by atoms with van der Waals surface area (Å²) >= 11 is 0. The Hall–Kier alpha value is -1.28. The molecule has 1 saturated carbocycles. The predicted octanol–water partition coefficient (Wildman–Crippen LogP) is 4.36. The molecule has 3 aliphatic rings. The summed E-state index contributed by atoms with van der Waals surface area (Å²) in [4.78, 5) is 0. The number of rotatable bonds is 2. The highest BCUT2D eigenvalue weighted by molar-refractivity contribution is 5.75. The number of aliphatic hydroxyl groups excluding tert-OH is 1. The molecule has 0 heterocycles. The van der Waals surface area contributed by atoms with Gasteiger partial charge in [0.1, 0.15) is 5.75 Å². The number of hydrogen-bond acceptors (Lipinski definition) is 2. The number of fused-ring (bicyclic) bond motifs is 4. The third-order valence-corrected chi connectivity index (χ3v) is 6.69. The molecule has 22 heavy (non-hydrogen) atoms. The van der Waals surface area contributed by atoms with Crippen molar-refractivity contribution in [3.05, 3.63) is 34.9 Å². The summed E-state index contributed by atoms with van der Waals surface area (Å²) in [6.07, 6.45) is 7.78. The summed E-state index contributed by atoms with van der Waals surface area (Å²) in [5, 5.41) is 10.6. The predicted molar refractivity (Wildman–Crippen MR) is 88.9 cm³/mol. The summed E-state index contributed by atoms with van der Waals surface area (Å²) in [6.45, 7) is 2.27. The van der Waals surface area contributed by atoms with Crippen LogP contribution in [0.2, 0.25) is 0 Å². The highest BCUT2D eigenvalue weighted by atomic mass is 16.5. The molecule has 2 heteroatoms. The van der Waals surface area contributed by atoms with Crippen molar-refractivity contribution < 1.29 is 9.84 Å². The molecule has 1 fully saturated rings. The van der Waals surface area contributed by atoms with E-state index >= 15 is 0 Å². The minimum atomic E-state index is -0.0891. The first-order valence-corrected chi connectivity index (χ1v) is 8.77. The second-order valence-corrected chi connectivity index (χ2v) is 7.26. The van der Waals surface area contributed by atoms with E-state index in [0.717, 1.165) is 37.9 Å². The van der Waals surface area contributed by atoms with Crippen molar-refractivity contribution in [2.24, 2.45) is 11.3 Å². The van der Waals surface area contributed by atoms with E-state index in [-0.39, 0.29) is 11.5 Å². The van der Waals surface area contributed by atoms with E-state index in [9.17, 15) is 5.11 Å². The zero-order valence-corrected chi connectivity index (χ0v) is 13.7. The Morgan fingerprint density at radius 2 is 2.09 bits per heavy atom. The van der Waals surface area contributed by atoms with Crippen molar-refractivity contribution in [1.29, 1.82) is 0 Å². The molecule has 0 spiro atoms. The fourth-order valence-corrected chi connectivity index (χ4v) is 5.48. The molecule has 0 unspecified atom stereocenters. The van der Waals surface area contributed by atoms with E-state index in [1.807, 2.05) is 0 Å². The number of hydrogen-bond donors (Lipinski definition) is 1. The van der Waals surface area contributed by atoms with Crippen LogP contribution in [0.4, 0.5) is 0 Å². The maximum Gasteiger partial charge on any atom is 0.119 e. The number of benzene rings is 1. The maximum atomic E-state index is 10.6. The summed E-state index contributed by atoms with van der Waals surface area (Å²) in [5.41, 5.74) is 6.33. The standard InChI is InChI=1S/C20H26O2/c1-3-20-11-10-16-15-7-5-14(22-2)12-13(15)4-6-17(16)18(20)8-9-19(20)21/h5,7,12,18-19,21H,3-4,6,8-11H2,1-2H3/t18-,19-,20-/m0/s1. The zero-order valence-electron chi connectivity index (χ0n) is 13.7. The van der Waals surface area contributed by atoms with Crippen molar-refractivity contribution in [3.63, 3.8) is 0 Å². The lowest BCUT2D eigenvalue weighted by Crippen LogP contribution is -2.39. The van der Waals surface area contributed by atoms with Crippen LogP contribution in [0.3, 0.4) is 0 Å². The molecule has 118 valence electrons. The Morgan fingerprint density at radius 3 is 2.86 bits per heavy atom. The minimum Gasteiger partial charge on any atom is -0.497 e. The number of aryl methyl sites for hydroxylation is 1. The lowest BCUT2D eigenvalue weighted by atomic mass is 9.60. The third kappa shape index (κ3) is 1.83. The highest BCUT2D eigenvalue weighted by Crippen LogP contribution is 2.59. The number of methoxy groups -OCH3 is 1. The van der Waals surface area contributed by atoms with Crippen LogP contribution in [0.25, 0.3) is 5.57 Å². The lowest BCUT2D eigenvalue weighted by Gasteiger charge is -2.45. The number of ether oxygens (including phenoxy) is 1. The largest absolute Gasteiger partial charge is 0.497 e. The molecule has 3 atom stereocenters. The number of aliphatic hydroxyl groups is 1. The van der Waals surface area contributed by atoms with Gasteiger partial charge in [0.2, 0.25) is 0 Å². The Balaban J connectivity index is 1.79. The van der Waals surface area contributed by atoms with Crippen molar-refractivity contribution in [2.75, 3.05) is 7.11 Å². The van der Waals surface area contributed by atoms with Crippen LogP contribution in [0.5, 0.6) is 5.75 Å². The minimum absolute atomic E-state index is 0.0891. The van der Waals surface area contributed by atoms with Gasteiger partial charge in [0.05, 0.1) is 13.2 Å². The first kappa shape index (κ1) is 14.3. The van der Waals surface area contributed by atoms with Gasteiger partial charge in [-0.15, -0.1) is 0 Å². The first-order chi connectivity index (χ1) is 10.7. The average molecular weight is 298 g/mol. The highest BCUT2D eigenvalue weighted by Gasteiger charge is 2.52. The lowest BCUT2D eigenvalue weighted by molar-refractivity contribution is 0.0193. The molecule has 2 nitrogen and oxygen atoms in total. The maximum absolute atomic E-state index is 10.6. The molecule has 0 radical (unpaired) electrons. The first-order valence-electron chi connectivity index (χ1n) is 8.77. The molecule has 0 aromatic heterocycles. The SMILES string of the molecule is CC[C@]12CCC3=C(CCc4cc(OC)ccc43)[C@@H]1CC[C@@H]2O. The van der Waals surface area contributed by atoms with Crippen LogP contribution < -0.4 is 4.74 Å². The molecule has 1 N–H and O–H groups in total. The van der Waals surface area contributed by atoms with E-state index in [2.05, 4.69) is 25.1 Å². The Morgan fingerprint density at radius 1 is 1.23 bits per heavy atom. The average Bonchev–Trinajstić information content (AvgIpc) is 2.91. The summed E-state index contributed by atoms with van der Waals surface area (Å²) in [6, 6.07) is 6.57. The topological polar surface area (TPSA) is 29.5 Å². The van der Waals surface area contributed by atoms with Gasteiger partial charge in [-0.3, -0.25) is 0 Å². The normalized spacial score (nSPS) is 33.2. The van der Waals surface area contributed by atoms with Crippen molar-refractivity contribution in [3.8, 4) is 5.75 Å². The Kier molecular flexibility index (Phi) is 3.34. The van der Waals surface area contributed by atoms with Gasteiger partial charge < -0.3 is 9.84 Å². The molecular formula is C20H26O2. The van der Waals surface area contributed by atoms with Gasteiger partial charge >= 0.3 is 0 Å². The smallest absolute Gasteiger partial charge is 0.119 e. The van der Waals surface area contributed by atoms with Gasteiger partial charge in [0.15, 0.2) is 0 Å². The van der Waals surface area contributed by atoms with Crippen LogP contribution in [0, 0.1) is 11.3 Å². The molecule has 4 rings (SSSR count). The zero-order chi connectivity index (χ0) is 15.3. The summed E-state index contributed by atoms with van der Waals surface area (Å²) < 4.78 is 5.38. The van der Waals surface area contributed by atoms with Crippen LogP contribution in [-0.2, 0) is 6.42 Å². The molecule has 0 aliphatic heterocycles. The van der Waals surface area contributed by atoms with Crippen molar-refractivity contribution in [1.82, 2.24) is 0 Å². The van der Waals surface area contributed by atoms with E-state index in [0.29, 0.717) is 5.92 Å². The van der Waals surface area contributed by atoms with E-state index < -0.39 is 0 Å². The van der Waals surface area contributed by atoms with Crippen molar-refractivity contribution >= 4 is 5.57 Å². The Bertz CT molecular complexity index is 631. The van der Waals surface area contributed by atoms with Crippen LogP contribution in [-0.4, -0.2) is 18.3 Å². The molecule has 0 saturated heterocycles. The Labute approximate surface area is 133 Å². The van der Waals surface area contributed by atoms with Gasteiger partial charge in [-0.05, 0) is 79.7 Å². The fraction of sp³-hybridized carbons (Fsp3) is 0.600. The van der Waals surface area contributed by atoms with E-state index in [1.54, 1.807) is 18.3 Å². The fourth-order valence-electron chi connectivity index (χ4n) is 5.48.